The smallest absolute Gasteiger partial charge is 0.243 e. The van der Waals surface area contributed by atoms with E-state index in [4.69, 9.17) is 30.8 Å². The maximum atomic E-state index is 11.8. The van der Waals surface area contributed by atoms with Gasteiger partial charge < -0.3 is 24.8 Å². The summed E-state index contributed by atoms with van der Waals surface area (Å²) in [4.78, 5) is 22.7. The molecule has 4 rings (SSSR count). The van der Waals surface area contributed by atoms with Gasteiger partial charge in [-0.15, -0.1) is 11.3 Å². The van der Waals surface area contributed by atoms with Gasteiger partial charge in [-0.25, -0.2) is 9.97 Å². The van der Waals surface area contributed by atoms with Crippen molar-refractivity contribution in [3.8, 4) is 21.9 Å². The minimum Gasteiger partial charge on any atom is -0.496 e. The average molecular weight is 489 g/mol. The highest BCUT2D eigenvalue weighted by Gasteiger charge is 2.27. The van der Waals surface area contributed by atoms with Crippen LogP contribution < -0.4 is 20.1 Å². The van der Waals surface area contributed by atoms with Gasteiger partial charge in [-0.3, -0.25) is 4.79 Å². The first-order chi connectivity index (χ1) is 15.9. The van der Waals surface area contributed by atoms with Gasteiger partial charge >= 0.3 is 0 Å². The number of nitrogens with one attached hydrogen (secondary N) is 2. The van der Waals surface area contributed by atoms with Crippen LogP contribution in [-0.2, 0) is 9.53 Å². The molecule has 1 aliphatic rings. The second-order valence-corrected chi connectivity index (χ2v) is 9.00. The number of hydrogen-bond acceptors (Lipinski definition) is 8. The number of carbonyl (C=O) groups excluding carboxylic acids is 1. The second kappa shape index (κ2) is 9.94. The predicted molar refractivity (Wildman–Crippen MR) is 131 cm³/mol. The van der Waals surface area contributed by atoms with Crippen molar-refractivity contribution in [3.05, 3.63) is 41.6 Å². The maximum Gasteiger partial charge on any atom is 0.243 e. The molecule has 0 spiro atoms. The van der Waals surface area contributed by atoms with Gasteiger partial charge in [0.25, 0.3) is 0 Å². The summed E-state index contributed by atoms with van der Waals surface area (Å²) in [5.41, 5.74) is 1.76. The maximum absolute atomic E-state index is 11.8. The Hall–Kier alpha value is -2.88. The number of fused-ring (bicyclic) bond motifs is 1. The van der Waals surface area contributed by atoms with Gasteiger partial charge in [-0.05, 0) is 25.5 Å². The average Bonchev–Trinajstić information content (AvgIpc) is 3.23. The van der Waals surface area contributed by atoms with E-state index < -0.39 is 0 Å². The third-order valence-electron chi connectivity index (χ3n) is 5.59. The molecule has 0 radical (unpaired) electrons. The van der Waals surface area contributed by atoms with Crippen LogP contribution in [0.2, 0.25) is 5.02 Å². The van der Waals surface area contributed by atoms with Crippen LogP contribution >= 0.6 is 22.9 Å². The minimum atomic E-state index is -0.214. The Morgan fingerprint density at radius 3 is 2.82 bits per heavy atom. The van der Waals surface area contributed by atoms with Crippen LogP contribution in [0.5, 0.6) is 11.5 Å². The summed E-state index contributed by atoms with van der Waals surface area (Å²) in [6.45, 7) is 6.50. The fourth-order valence-electron chi connectivity index (χ4n) is 3.84. The summed E-state index contributed by atoms with van der Waals surface area (Å²) in [5, 5.41) is 7.67. The molecule has 1 amide bonds. The molecule has 0 bridgehead atoms. The highest BCUT2D eigenvalue weighted by atomic mass is 35.5. The molecular formula is C23H25ClN4O4S. The van der Waals surface area contributed by atoms with Crippen molar-refractivity contribution >= 4 is 45.0 Å². The number of ether oxygens (including phenoxy) is 3. The molecule has 1 fully saturated rings. The molecule has 8 nitrogen and oxygen atoms in total. The normalized spacial score (nSPS) is 18.1. The highest BCUT2D eigenvalue weighted by Crippen LogP contribution is 2.45. The molecule has 0 saturated carbocycles. The molecule has 1 aliphatic heterocycles. The molecule has 2 unspecified atom stereocenters. The molecule has 2 atom stereocenters. The van der Waals surface area contributed by atoms with Crippen LogP contribution in [-0.4, -0.2) is 55.4 Å². The Morgan fingerprint density at radius 1 is 1.30 bits per heavy atom. The molecule has 33 heavy (non-hydrogen) atoms. The van der Waals surface area contributed by atoms with Crippen molar-refractivity contribution in [2.24, 2.45) is 0 Å². The van der Waals surface area contributed by atoms with Gasteiger partial charge in [-0.1, -0.05) is 18.2 Å². The van der Waals surface area contributed by atoms with Gasteiger partial charge in [0.1, 0.15) is 16.3 Å². The zero-order chi connectivity index (χ0) is 23.5. The summed E-state index contributed by atoms with van der Waals surface area (Å²) in [6, 6.07) is 3.53. The lowest BCUT2D eigenvalue weighted by molar-refractivity contribution is -0.117. The van der Waals surface area contributed by atoms with Crippen molar-refractivity contribution in [2.75, 3.05) is 32.8 Å². The van der Waals surface area contributed by atoms with E-state index in [0.29, 0.717) is 42.1 Å². The van der Waals surface area contributed by atoms with Gasteiger partial charge in [0.05, 0.1) is 37.9 Å². The number of thiophene rings is 1. The molecule has 1 saturated heterocycles. The predicted octanol–water partition coefficient (Wildman–Crippen LogP) is 4.21. The topological polar surface area (TPSA) is 94.6 Å². The van der Waals surface area contributed by atoms with E-state index >= 15 is 0 Å². The van der Waals surface area contributed by atoms with E-state index in [2.05, 4.69) is 22.2 Å². The van der Waals surface area contributed by atoms with E-state index in [1.807, 2.05) is 13.0 Å². The Bertz CT molecular complexity index is 1170. The molecule has 0 aliphatic carbocycles. The van der Waals surface area contributed by atoms with Crippen LogP contribution in [0.25, 0.3) is 20.7 Å². The first-order valence-electron chi connectivity index (χ1n) is 10.4. The molecule has 174 valence electrons. The lowest BCUT2D eigenvalue weighted by Gasteiger charge is -2.32. The molecule has 1 aromatic carbocycles. The Kier molecular flexibility index (Phi) is 7.02. The lowest BCUT2D eigenvalue weighted by atomic mass is 10.0. The minimum absolute atomic E-state index is 0.104. The van der Waals surface area contributed by atoms with Crippen LogP contribution in [0.15, 0.2) is 31.0 Å². The lowest BCUT2D eigenvalue weighted by Crippen LogP contribution is -2.52. The largest absolute Gasteiger partial charge is 0.496 e. The van der Waals surface area contributed by atoms with Gasteiger partial charge in [0.2, 0.25) is 11.9 Å². The number of methoxy groups -OCH3 is 2. The number of halogens is 1. The summed E-state index contributed by atoms with van der Waals surface area (Å²) >= 11 is 8.16. The van der Waals surface area contributed by atoms with Gasteiger partial charge in [-0.2, -0.15) is 0 Å². The van der Waals surface area contributed by atoms with E-state index in [-0.39, 0.29) is 18.0 Å². The zero-order valence-corrected chi connectivity index (χ0v) is 20.2. The van der Waals surface area contributed by atoms with Crippen LogP contribution in [0.4, 0.5) is 5.95 Å². The molecule has 10 heteroatoms. The number of aromatic nitrogens is 2. The van der Waals surface area contributed by atoms with Gasteiger partial charge in [0.15, 0.2) is 0 Å². The first kappa shape index (κ1) is 23.3. The fraction of sp³-hybridized carbons (Fsp3) is 0.348. The van der Waals surface area contributed by atoms with Crippen LogP contribution in [0.1, 0.15) is 12.0 Å². The molecule has 3 heterocycles. The number of rotatable bonds is 7. The van der Waals surface area contributed by atoms with E-state index in [0.717, 1.165) is 26.2 Å². The van der Waals surface area contributed by atoms with Gasteiger partial charge in [0, 0.05) is 40.3 Å². The number of amides is 1. The summed E-state index contributed by atoms with van der Waals surface area (Å²) in [7, 11) is 3.20. The number of hydrogen-bond donors (Lipinski definition) is 2. The van der Waals surface area contributed by atoms with E-state index in [1.165, 1.54) is 17.4 Å². The van der Waals surface area contributed by atoms with Crippen molar-refractivity contribution in [1.82, 2.24) is 15.3 Å². The quantitative estimate of drug-likeness (QED) is 0.481. The third-order valence-corrected chi connectivity index (χ3v) is 7.02. The summed E-state index contributed by atoms with van der Waals surface area (Å²) in [5.74, 6) is 1.50. The van der Waals surface area contributed by atoms with Crippen LogP contribution in [0, 0.1) is 6.92 Å². The SMILES string of the molecule is C=CC(=O)NC1CCOCC1Nc1ncc2cc(-c3c(C)c(OC)cc(OC)c3Cl)sc2n1. The molecular weight excluding hydrogens is 464 g/mol. The standard InChI is InChI=1S/C23H25ClN4O4S/c1-5-19(29)26-14-6-7-32-11-15(14)27-23-25-10-13-8-18(33-22(13)28-23)20-12(2)16(30-3)9-17(31-4)21(20)24/h5,8-10,14-15H,1,6-7,11H2,2-4H3,(H,26,29)(H,25,27,28). The number of carbonyl (C=O) groups is 1. The van der Waals surface area contributed by atoms with Crippen molar-refractivity contribution < 1.29 is 19.0 Å². The Labute approximate surface area is 200 Å². The highest BCUT2D eigenvalue weighted by molar-refractivity contribution is 7.21. The Morgan fingerprint density at radius 2 is 2.09 bits per heavy atom. The number of nitrogens with zero attached hydrogens (tertiary/aromatic N) is 2. The summed E-state index contributed by atoms with van der Waals surface area (Å²) < 4.78 is 16.5. The zero-order valence-electron chi connectivity index (χ0n) is 18.6. The van der Waals surface area contributed by atoms with Crippen molar-refractivity contribution in [2.45, 2.75) is 25.4 Å². The summed E-state index contributed by atoms with van der Waals surface area (Å²) in [6.07, 6.45) is 3.73. The van der Waals surface area contributed by atoms with Crippen LogP contribution in [0.3, 0.4) is 0 Å². The Balaban J connectivity index is 1.65. The third kappa shape index (κ3) is 4.75. The molecule has 3 aromatic rings. The monoisotopic (exact) mass is 488 g/mol. The fourth-order valence-corrected chi connectivity index (χ4v) is 5.38. The number of anilines is 1. The number of benzene rings is 1. The molecule has 2 N–H and O–H groups in total. The van der Waals surface area contributed by atoms with Crippen molar-refractivity contribution in [3.63, 3.8) is 0 Å². The second-order valence-electron chi connectivity index (χ2n) is 7.59. The van der Waals surface area contributed by atoms with Crippen molar-refractivity contribution in [1.29, 1.82) is 0 Å². The van der Waals surface area contributed by atoms with E-state index in [9.17, 15) is 4.79 Å². The van der Waals surface area contributed by atoms with E-state index in [1.54, 1.807) is 26.5 Å². The molecule has 2 aromatic heterocycles. The first-order valence-corrected chi connectivity index (χ1v) is 11.6.